The zero-order valence-electron chi connectivity index (χ0n) is 14.9. The fraction of sp³-hybridized carbons (Fsp3) is 0.529. The summed E-state index contributed by atoms with van der Waals surface area (Å²) in [6.45, 7) is 4.35. The van der Waals surface area contributed by atoms with E-state index in [-0.39, 0.29) is 24.2 Å². The Kier molecular flexibility index (Phi) is 4.98. The summed E-state index contributed by atoms with van der Waals surface area (Å²) >= 11 is 0. The number of rotatable bonds is 5. The number of nitrogens with zero attached hydrogens (tertiary/aromatic N) is 5. The number of ether oxygens (including phenoxy) is 2. The summed E-state index contributed by atoms with van der Waals surface area (Å²) in [5.74, 6) is 1.10. The Morgan fingerprint density at radius 3 is 2.84 bits per heavy atom. The molecule has 0 saturated carbocycles. The third-order valence-electron chi connectivity index (χ3n) is 4.24. The van der Waals surface area contributed by atoms with E-state index in [1.807, 2.05) is 25.5 Å². The molecule has 1 amide bonds. The fourth-order valence-corrected chi connectivity index (χ4v) is 3.05. The molecule has 0 bridgehead atoms. The third kappa shape index (κ3) is 3.63. The van der Waals surface area contributed by atoms with Crippen LogP contribution in [0.1, 0.15) is 42.5 Å². The van der Waals surface area contributed by atoms with Gasteiger partial charge in [0.25, 0.3) is 5.91 Å². The number of carbonyl (C=O) groups excluding carboxylic acids is 1. The lowest BCUT2D eigenvalue weighted by Gasteiger charge is -2.23. The predicted molar refractivity (Wildman–Crippen MR) is 90.2 cm³/mol. The number of carbonyl (C=O) groups is 1. The molecule has 8 heteroatoms. The first-order chi connectivity index (χ1) is 12.0. The van der Waals surface area contributed by atoms with Gasteiger partial charge in [-0.15, -0.1) is 10.2 Å². The van der Waals surface area contributed by atoms with Crippen LogP contribution in [-0.2, 0) is 11.8 Å². The number of hydrogen-bond donors (Lipinski definition) is 0. The zero-order chi connectivity index (χ0) is 18.0. The average Bonchev–Trinajstić information content (AvgIpc) is 3.19. The highest BCUT2D eigenvalue weighted by atomic mass is 16.5. The minimum absolute atomic E-state index is 0.00565. The fourth-order valence-electron chi connectivity index (χ4n) is 3.05. The second-order valence-electron chi connectivity index (χ2n) is 6.42. The van der Waals surface area contributed by atoms with Gasteiger partial charge in [-0.3, -0.25) is 4.79 Å². The lowest BCUT2D eigenvalue weighted by molar-refractivity contribution is 0.0682. The molecular weight excluding hydrogens is 322 g/mol. The van der Waals surface area contributed by atoms with Crippen molar-refractivity contribution >= 4 is 5.91 Å². The molecule has 2 atom stereocenters. The minimum atomic E-state index is -0.174. The van der Waals surface area contributed by atoms with Crippen LogP contribution < -0.4 is 4.74 Å². The van der Waals surface area contributed by atoms with Crippen LogP contribution in [-0.4, -0.2) is 56.4 Å². The number of amides is 1. The van der Waals surface area contributed by atoms with Crippen LogP contribution >= 0.6 is 0 Å². The van der Waals surface area contributed by atoms with E-state index in [4.69, 9.17) is 9.47 Å². The smallest absolute Gasteiger partial charge is 0.254 e. The molecule has 1 saturated heterocycles. The second kappa shape index (κ2) is 7.18. The van der Waals surface area contributed by atoms with Gasteiger partial charge in [0.2, 0.25) is 5.88 Å². The van der Waals surface area contributed by atoms with Crippen molar-refractivity contribution < 1.29 is 14.3 Å². The number of aromatic nitrogens is 4. The minimum Gasteiger partial charge on any atom is -0.475 e. The maximum absolute atomic E-state index is 13.1. The Labute approximate surface area is 146 Å². The molecule has 134 valence electrons. The Morgan fingerprint density at radius 1 is 1.40 bits per heavy atom. The SMILES string of the molecule is CO[C@@H]1C[C@@H](c2nncn2C)N(C(=O)c2ccnc(OC(C)C)c2)C1. The molecule has 0 spiro atoms. The summed E-state index contributed by atoms with van der Waals surface area (Å²) in [6, 6.07) is 3.20. The van der Waals surface area contributed by atoms with Crippen molar-refractivity contribution in [1.29, 1.82) is 0 Å². The van der Waals surface area contributed by atoms with Crippen molar-refractivity contribution in [3.05, 3.63) is 36.0 Å². The van der Waals surface area contributed by atoms with E-state index in [9.17, 15) is 4.79 Å². The van der Waals surface area contributed by atoms with E-state index >= 15 is 0 Å². The van der Waals surface area contributed by atoms with Gasteiger partial charge in [-0.25, -0.2) is 4.98 Å². The highest BCUT2D eigenvalue weighted by molar-refractivity contribution is 5.94. The normalized spacial score (nSPS) is 20.3. The maximum atomic E-state index is 13.1. The molecule has 1 aliphatic rings. The molecule has 2 aromatic rings. The molecule has 0 unspecified atom stereocenters. The van der Waals surface area contributed by atoms with Gasteiger partial charge in [0.1, 0.15) is 6.33 Å². The number of methoxy groups -OCH3 is 1. The van der Waals surface area contributed by atoms with E-state index in [1.54, 1.807) is 36.7 Å². The van der Waals surface area contributed by atoms with Gasteiger partial charge in [-0.1, -0.05) is 0 Å². The van der Waals surface area contributed by atoms with E-state index < -0.39 is 0 Å². The van der Waals surface area contributed by atoms with Crippen molar-refractivity contribution in [2.45, 2.75) is 38.5 Å². The van der Waals surface area contributed by atoms with Crippen molar-refractivity contribution in [3.63, 3.8) is 0 Å². The van der Waals surface area contributed by atoms with E-state index in [2.05, 4.69) is 15.2 Å². The van der Waals surface area contributed by atoms with Crippen LogP contribution in [0.2, 0.25) is 0 Å². The summed E-state index contributed by atoms with van der Waals surface area (Å²) < 4.78 is 12.9. The molecule has 1 aliphatic heterocycles. The van der Waals surface area contributed by atoms with Gasteiger partial charge in [-0.2, -0.15) is 0 Å². The van der Waals surface area contributed by atoms with E-state index in [0.717, 1.165) is 5.82 Å². The summed E-state index contributed by atoms with van der Waals surface area (Å²) in [5.41, 5.74) is 0.537. The lowest BCUT2D eigenvalue weighted by atomic mass is 10.1. The Bertz CT molecular complexity index is 745. The quantitative estimate of drug-likeness (QED) is 0.819. The molecule has 0 radical (unpaired) electrons. The number of hydrogen-bond acceptors (Lipinski definition) is 6. The second-order valence-corrected chi connectivity index (χ2v) is 6.42. The van der Waals surface area contributed by atoms with Crippen molar-refractivity contribution in [3.8, 4) is 5.88 Å². The van der Waals surface area contributed by atoms with Gasteiger partial charge < -0.3 is 18.9 Å². The number of likely N-dealkylation sites (tertiary alicyclic amines) is 1. The molecule has 3 rings (SSSR count). The van der Waals surface area contributed by atoms with E-state index in [0.29, 0.717) is 24.4 Å². The van der Waals surface area contributed by atoms with E-state index in [1.165, 1.54) is 0 Å². The molecule has 0 aromatic carbocycles. The van der Waals surface area contributed by atoms with Gasteiger partial charge >= 0.3 is 0 Å². The largest absolute Gasteiger partial charge is 0.475 e. The Morgan fingerprint density at radius 2 is 2.20 bits per heavy atom. The highest BCUT2D eigenvalue weighted by Crippen LogP contribution is 2.33. The van der Waals surface area contributed by atoms with Crippen molar-refractivity contribution in [2.75, 3.05) is 13.7 Å². The molecule has 0 N–H and O–H groups in total. The molecule has 8 nitrogen and oxygen atoms in total. The zero-order valence-corrected chi connectivity index (χ0v) is 14.9. The van der Waals surface area contributed by atoms with Crippen LogP contribution in [0.3, 0.4) is 0 Å². The van der Waals surface area contributed by atoms with Crippen LogP contribution in [0.25, 0.3) is 0 Å². The summed E-state index contributed by atoms with van der Waals surface area (Å²) in [6.07, 6.45) is 3.88. The van der Waals surface area contributed by atoms with Gasteiger partial charge in [-0.05, 0) is 19.9 Å². The molecule has 1 fully saturated rings. The molecule has 0 aliphatic carbocycles. The van der Waals surface area contributed by atoms with Crippen LogP contribution in [0.4, 0.5) is 0 Å². The topological polar surface area (TPSA) is 82.4 Å². The average molecular weight is 345 g/mol. The van der Waals surface area contributed by atoms with Gasteiger partial charge in [0.05, 0.1) is 18.2 Å². The summed E-state index contributed by atoms with van der Waals surface area (Å²) in [7, 11) is 3.53. The number of aryl methyl sites for hydroxylation is 1. The standard InChI is InChI=1S/C17H23N5O3/c1-11(2)25-15-7-12(5-6-18-15)17(23)22-9-13(24-4)8-14(22)16-20-19-10-21(16)3/h5-7,10-11,13-14H,8-9H2,1-4H3/t13-,14+/m1/s1. The van der Waals surface area contributed by atoms with Crippen molar-refractivity contribution in [1.82, 2.24) is 24.6 Å². The Hall–Kier alpha value is -2.48. The monoisotopic (exact) mass is 345 g/mol. The molecule has 25 heavy (non-hydrogen) atoms. The highest BCUT2D eigenvalue weighted by Gasteiger charge is 2.39. The van der Waals surface area contributed by atoms with Gasteiger partial charge in [0, 0.05) is 44.9 Å². The lowest BCUT2D eigenvalue weighted by Crippen LogP contribution is -2.33. The van der Waals surface area contributed by atoms with Gasteiger partial charge in [0.15, 0.2) is 5.82 Å². The van der Waals surface area contributed by atoms with Crippen molar-refractivity contribution in [2.24, 2.45) is 7.05 Å². The molecule has 3 heterocycles. The van der Waals surface area contributed by atoms with Crippen LogP contribution in [0.15, 0.2) is 24.7 Å². The molecular formula is C17H23N5O3. The van der Waals surface area contributed by atoms with Crippen LogP contribution in [0.5, 0.6) is 5.88 Å². The summed E-state index contributed by atoms with van der Waals surface area (Å²) in [5, 5.41) is 8.11. The predicted octanol–water partition coefficient (Wildman–Crippen LogP) is 1.60. The first kappa shape index (κ1) is 17.3. The maximum Gasteiger partial charge on any atom is 0.254 e. The first-order valence-corrected chi connectivity index (χ1v) is 8.30. The first-order valence-electron chi connectivity index (χ1n) is 8.30. The van der Waals surface area contributed by atoms with Crippen LogP contribution in [0, 0.1) is 0 Å². The third-order valence-corrected chi connectivity index (χ3v) is 4.24. The summed E-state index contributed by atoms with van der Waals surface area (Å²) in [4.78, 5) is 19.0. The molecule has 2 aromatic heterocycles. The number of pyridine rings is 1. The Balaban J connectivity index is 1.87.